The first-order chi connectivity index (χ1) is 26.9. The third kappa shape index (κ3) is 14.4. The molecule has 0 aliphatic rings. The van der Waals surface area contributed by atoms with E-state index in [0.717, 1.165) is 51.6 Å². The molecule has 2 unspecified atom stereocenters. The van der Waals surface area contributed by atoms with E-state index in [2.05, 4.69) is 75.8 Å². The van der Waals surface area contributed by atoms with Crippen LogP contribution in [-0.2, 0) is 17.2 Å². The monoisotopic (exact) mass is 814 g/mol. The van der Waals surface area contributed by atoms with Gasteiger partial charge in [-0.1, -0.05) is 93.1 Å². The summed E-state index contributed by atoms with van der Waals surface area (Å²) in [5, 5.41) is 47.4. The normalized spacial score (nSPS) is 12.6. The Kier molecular flexibility index (Phi) is 17.7. The zero-order valence-electron chi connectivity index (χ0n) is 35.6. The van der Waals surface area contributed by atoms with Crippen LogP contribution in [0.15, 0.2) is 72.8 Å². The second kappa shape index (κ2) is 21.5. The van der Waals surface area contributed by atoms with Gasteiger partial charge < -0.3 is 20.1 Å². The van der Waals surface area contributed by atoms with Gasteiger partial charge in [0.1, 0.15) is 44.9 Å². The van der Waals surface area contributed by atoms with Crippen LogP contribution >= 0.6 is 11.6 Å². The van der Waals surface area contributed by atoms with Crippen molar-refractivity contribution < 1.29 is 20.1 Å². The quantitative estimate of drug-likeness (QED) is 0.104. The minimum atomic E-state index is 0. The summed E-state index contributed by atoms with van der Waals surface area (Å²) in [7, 11) is 0. The third-order valence-corrected chi connectivity index (χ3v) is 9.81. The van der Waals surface area contributed by atoms with Crippen LogP contribution in [0.1, 0.15) is 111 Å². The predicted octanol–water partition coefficient (Wildman–Crippen LogP) is 11.7. The van der Waals surface area contributed by atoms with Gasteiger partial charge >= 0.3 is 0 Å². The molecule has 3 N–H and O–H groups in total. The zero-order valence-corrected chi connectivity index (χ0v) is 36.3. The van der Waals surface area contributed by atoms with Crippen molar-refractivity contribution in [3.63, 3.8) is 0 Å². The van der Waals surface area contributed by atoms with Crippen LogP contribution in [0.2, 0.25) is 0 Å². The number of aliphatic hydroxyl groups is 1. The minimum Gasteiger partial charge on any atom is -0.505 e. The first-order valence-electron chi connectivity index (χ1n) is 19.9. The molecule has 0 saturated heterocycles. The molecule has 316 valence electrons. The second-order valence-electron chi connectivity index (χ2n) is 17.8. The maximum atomic E-state index is 10.8. The molecule has 2 atom stereocenters. The van der Waals surface area contributed by atoms with Crippen LogP contribution in [0, 0.1) is 36.5 Å². The number of rotatable bonds is 12. The number of ether oxygens (including phenoxy) is 1. The highest BCUT2D eigenvalue weighted by Crippen LogP contribution is 2.31. The molecule has 0 spiro atoms. The lowest BCUT2D eigenvalue weighted by atomic mass is 9.87. The highest BCUT2D eigenvalue weighted by molar-refractivity contribution is 6.17. The number of halogens is 1. The first-order valence-corrected chi connectivity index (χ1v) is 20.5. The Morgan fingerprint density at radius 3 is 1.40 bits per heavy atom. The number of alkyl halides is 1. The van der Waals surface area contributed by atoms with Gasteiger partial charge in [-0.2, -0.15) is 0 Å². The van der Waals surface area contributed by atoms with Crippen molar-refractivity contribution in [2.75, 3.05) is 13.2 Å². The molecule has 11 heteroatoms. The molecule has 2 aromatic heterocycles. The van der Waals surface area contributed by atoms with Gasteiger partial charge in [-0.25, -0.2) is 0 Å². The van der Waals surface area contributed by atoms with E-state index in [0.29, 0.717) is 59.4 Å². The van der Waals surface area contributed by atoms with Crippen LogP contribution in [-0.4, -0.2) is 58.5 Å². The van der Waals surface area contributed by atoms with Crippen molar-refractivity contribution in [3.05, 3.63) is 95.1 Å². The standard InChI is InChI=1S/C23H31N3O2.C14H12ClN3O.C9H20O.CH4/c1-16(10-11-23(3,4)5)14-28-15-18-12-17(2)13-21(22(18)27)26-24-19-8-6-7-9-20(19)25-26;1-9-6-10(8-15)14(19)13(7-9)18-16-11-4-2-3-5-12(11)17-18;1-8(7-10)5-6-9(2,3)4;/h6-9,12-13,16,27H,10-11,14-15H2,1-5H3;2-7,19H,8H2,1H3;8,10H,5-7H2,1-4H3;1H4. The zero-order chi connectivity index (χ0) is 41.9. The summed E-state index contributed by atoms with van der Waals surface area (Å²) in [5.41, 5.74) is 8.55. The Hall–Kier alpha value is -4.51. The van der Waals surface area contributed by atoms with Gasteiger partial charge in [0, 0.05) is 24.3 Å². The van der Waals surface area contributed by atoms with Crippen molar-refractivity contribution in [3.8, 4) is 22.9 Å². The Bertz CT molecular complexity index is 2120. The number of nitrogens with zero attached hydrogens (tertiary/aromatic N) is 6. The molecule has 58 heavy (non-hydrogen) atoms. The third-order valence-electron chi connectivity index (χ3n) is 9.52. The van der Waals surface area contributed by atoms with Crippen LogP contribution in [0.4, 0.5) is 0 Å². The average molecular weight is 816 g/mol. The number of hydrogen-bond acceptors (Lipinski definition) is 8. The number of phenolic OH excluding ortho intramolecular Hbond substituents is 2. The highest BCUT2D eigenvalue weighted by atomic mass is 35.5. The maximum absolute atomic E-state index is 10.8. The number of hydrogen-bond donors (Lipinski definition) is 3. The number of phenols is 2. The van der Waals surface area contributed by atoms with Gasteiger partial charge in [0.15, 0.2) is 0 Å². The van der Waals surface area contributed by atoms with E-state index < -0.39 is 0 Å². The molecule has 0 aliphatic carbocycles. The maximum Gasteiger partial charge on any atom is 0.148 e. The molecule has 6 rings (SSSR count). The van der Waals surface area contributed by atoms with Crippen LogP contribution in [0.3, 0.4) is 0 Å². The van der Waals surface area contributed by atoms with Gasteiger partial charge in [-0.15, -0.1) is 41.6 Å². The Morgan fingerprint density at radius 2 is 1.02 bits per heavy atom. The van der Waals surface area contributed by atoms with Crippen LogP contribution in [0.5, 0.6) is 11.5 Å². The second-order valence-corrected chi connectivity index (χ2v) is 18.0. The van der Waals surface area contributed by atoms with Crippen molar-refractivity contribution in [1.82, 2.24) is 30.0 Å². The SMILES string of the molecule is C.CC(CO)CCC(C)(C)C.Cc1cc(CCl)c(O)c(-n2nc3ccccc3n2)c1.Cc1cc(COCC(C)CCC(C)(C)C)c(O)c(-n2nc3ccccc3n2)c1. The predicted molar refractivity (Wildman–Crippen MR) is 239 cm³/mol. The largest absolute Gasteiger partial charge is 0.505 e. The van der Waals surface area contributed by atoms with E-state index in [-0.39, 0.29) is 24.8 Å². The summed E-state index contributed by atoms with van der Waals surface area (Å²) in [5.74, 6) is 1.51. The van der Waals surface area contributed by atoms with Crippen molar-refractivity contribution in [1.29, 1.82) is 0 Å². The number of aliphatic hydroxyl groups excluding tert-OH is 1. The van der Waals surface area contributed by atoms with E-state index in [1.807, 2.05) is 86.6 Å². The molecule has 0 saturated carbocycles. The summed E-state index contributed by atoms with van der Waals surface area (Å²) in [6, 6.07) is 22.8. The lowest BCUT2D eigenvalue weighted by Crippen LogP contribution is -2.12. The molecule has 0 bridgehead atoms. The van der Waals surface area contributed by atoms with Crippen LogP contribution in [0.25, 0.3) is 33.4 Å². The summed E-state index contributed by atoms with van der Waals surface area (Å²) in [4.78, 5) is 2.95. The van der Waals surface area contributed by atoms with Crippen molar-refractivity contribution >= 4 is 33.7 Å². The number of aromatic nitrogens is 6. The van der Waals surface area contributed by atoms with Gasteiger partial charge in [0.25, 0.3) is 0 Å². The lowest BCUT2D eigenvalue weighted by Gasteiger charge is -2.21. The van der Waals surface area contributed by atoms with E-state index >= 15 is 0 Å². The topological polar surface area (TPSA) is 131 Å². The number of benzene rings is 4. The molecule has 0 amide bonds. The summed E-state index contributed by atoms with van der Waals surface area (Å²) in [6.07, 6.45) is 4.66. The van der Waals surface area contributed by atoms with Gasteiger partial charge in [0.2, 0.25) is 0 Å². The molecule has 2 heterocycles. The molecule has 6 aromatic rings. The smallest absolute Gasteiger partial charge is 0.148 e. The van der Waals surface area contributed by atoms with Crippen molar-refractivity contribution in [2.45, 2.75) is 115 Å². The van der Waals surface area contributed by atoms with Crippen molar-refractivity contribution in [2.24, 2.45) is 22.7 Å². The number of fused-ring (bicyclic) bond motifs is 2. The Balaban J connectivity index is 0.000000259. The number of aryl methyl sites for hydroxylation is 2. The fraction of sp³-hybridized carbons (Fsp3) is 0.489. The fourth-order valence-corrected chi connectivity index (χ4v) is 6.23. The molecule has 0 fully saturated rings. The van der Waals surface area contributed by atoms with Gasteiger partial charge in [-0.3, -0.25) is 0 Å². The molecular weight excluding hydrogens is 748 g/mol. The van der Waals surface area contributed by atoms with Crippen LogP contribution < -0.4 is 0 Å². The van der Waals surface area contributed by atoms with Gasteiger partial charge in [-0.05, 0) is 116 Å². The Labute approximate surface area is 351 Å². The fourth-order valence-electron chi connectivity index (χ4n) is 6.02. The summed E-state index contributed by atoms with van der Waals surface area (Å²) >= 11 is 5.83. The highest BCUT2D eigenvalue weighted by Gasteiger charge is 2.17. The lowest BCUT2D eigenvalue weighted by molar-refractivity contribution is 0.0843. The molecule has 4 aromatic carbocycles. The minimum absolute atomic E-state index is 0. The molecule has 10 nitrogen and oxygen atoms in total. The van der Waals surface area contributed by atoms with E-state index in [1.165, 1.54) is 22.4 Å². The first kappa shape index (κ1) is 47.9. The van der Waals surface area contributed by atoms with E-state index in [1.54, 1.807) is 0 Å². The average Bonchev–Trinajstić information content (AvgIpc) is 3.80. The summed E-state index contributed by atoms with van der Waals surface area (Å²) in [6.45, 7) is 23.1. The van der Waals surface area contributed by atoms with E-state index in [9.17, 15) is 10.2 Å². The number of aromatic hydroxyl groups is 2. The summed E-state index contributed by atoms with van der Waals surface area (Å²) < 4.78 is 5.92. The Morgan fingerprint density at radius 1 is 0.638 bits per heavy atom. The molecular formula is C47H67ClN6O4. The molecule has 0 aliphatic heterocycles. The van der Waals surface area contributed by atoms with Gasteiger partial charge in [0.05, 0.1) is 12.5 Å². The van der Waals surface area contributed by atoms with E-state index in [4.69, 9.17) is 21.4 Å². The molecule has 0 radical (unpaired) electrons.